The van der Waals surface area contributed by atoms with Crippen molar-refractivity contribution in [3.63, 3.8) is 0 Å². The average molecular weight is 206 g/mol. The quantitative estimate of drug-likeness (QED) is 0.619. The maximum Gasteiger partial charge on any atom is 0.459 e. The standard InChI is InChI=1S/C6H10O6Si/c1-4(7)11-13(3-6(9)10)12-5(2)8/h13H,3H2,1-2H3,(H,9,10). The van der Waals surface area contributed by atoms with Crippen molar-refractivity contribution in [2.24, 2.45) is 0 Å². The molecule has 0 bridgehead atoms. The second-order valence-electron chi connectivity index (χ2n) is 2.25. The van der Waals surface area contributed by atoms with Crippen LogP contribution in [-0.2, 0) is 23.2 Å². The Balaban J connectivity index is 4.10. The van der Waals surface area contributed by atoms with E-state index < -0.39 is 33.2 Å². The van der Waals surface area contributed by atoms with Crippen LogP contribution in [0.2, 0.25) is 6.04 Å². The monoisotopic (exact) mass is 206 g/mol. The van der Waals surface area contributed by atoms with Crippen molar-refractivity contribution in [2.45, 2.75) is 19.9 Å². The van der Waals surface area contributed by atoms with E-state index in [1.807, 2.05) is 0 Å². The lowest BCUT2D eigenvalue weighted by molar-refractivity contribution is -0.138. The van der Waals surface area contributed by atoms with Gasteiger partial charge in [0.25, 0.3) is 11.9 Å². The van der Waals surface area contributed by atoms with E-state index in [1.165, 1.54) is 0 Å². The van der Waals surface area contributed by atoms with Crippen LogP contribution in [0.3, 0.4) is 0 Å². The van der Waals surface area contributed by atoms with E-state index in [0.717, 1.165) is 13.8 Å². The lowest BCUT2D eigenvalue weighted by Crippen LogP contribution is -2.29. The number of rotatable bonds is 4. The fourth-order valence-electron chi connectivity index (χ4n) is 0.620. The highest BCUT2D eigenvalue weighted by Crippen LogP contribution is 1.98. The van der Waals surface area contributed by atoms with Gasteiger partial charge in [0.05, 0.1) is 0 Å². The Labute approximate surface area is 76.3 Å². The van der Waals surface area contributed by atoms with Gasteiger partial charge in [-0.3, -0.25) is 14.4 Å². The third-order valence-corrected chi connectivity index (χ3v) is 2.81. The Bertz CT molecular complexity index is 187. The first-order chi connectivity index (χ1) is 5.91. The van der Waals surface area contributed by atoms with Crippen LogP contribution in [-0.4, -0.2) is 32.3 Å². The molecule has 0 aliphatic carbocycles. The van der Waals surface area contributed by atoms with Gasteiger partial charge < -0.3 is 14.0 Å². The summed E-state index contributed by atoms with van der Waals surface area (Å²) in [6.07, 6.45) is 0. The van der Waals surface area contributed by atoms with Crippen molar-refractivity contribution in [3.8, 4) is 0 Å². The molecular weight excluding hydrogens is 196 g/mol. The summed E-state index contributed by atoms with van der Waals surface area (Å²) in [6, 6.07) is -0.418. The van der Waals surface area contributed by atoms with Gasteiger partial charge in [0, 0.05) is 13.8 Å². The van der Waals surface area contributed by atoms with Gasteiger partial charge in [-0.2, -0.15) is 0 Å². The summed E-state index contributed by atoms with van der Waals surface area (Å²) in [5.41, 5.74) is 0. The second-order valence-corrected chi connectivity index (χ2v) is 3.99. The number of carboxylic acids is 1. The zero-order valence-corrected chi connectivity index (χ0v) is 8.43. The average Bonchev–Trinajstić information content (AvgIpc) is 1.80. The van der Waals surface area contributed by atoms with Crippen LogP contribution in [0, 0.1) is 0 Å². The zero-order chi connectivity index (χ0) is 10.4. The largest absolute Gasteiger partial charge is 0.487 e. The normalized spacial score (nSPS) is 9.46. The molecule has 0 radical (unpaired) electrons. The summed E-state index contributed by atoms with van der Waals surface area (Å²) in [7, 11) is -2.71. The van der Waals surface area contributed by atoms with Crippen LogP contribution in [0.15, 0.2) is 0 Å². The molecule has 1 N–H and O–H groups in total. The predicted octanol–water partition coefficient (Wildman–Crippen LogP) is -0.582. The van der Waals surface area contributed by atoms with E-state index in [1.54, 1.807) is 0 Å². The molecule has 0 aromatic heterocycles. The molecule has 6 nitrogen and oxygen atoms in total. The van der Waals surface area contributed by atoms with Crippen LogP contribution < -0.4 is 0 Å². The lowest BCUT2D eigenvalue weighted by Gasteiger charge is -2.11. The first-order valence-corrected chi connectivity index (χ1v) is 5.24. The topological polar surface area (TPSA) is 89.9 Å². The lowest BCUT2D eigenvalue weighted by atomic mass is 10.8. The minimum atomic E-state index is -2.71. The molecule has 13 heavy (non-hydrogen) atoms. The summed E-state index contributed by atoms with van der Waals surface area (Å²) < 4.78 is 9.10. The molecule has 0 aliphatic heterocycles. The van der Waals surface area contributed by atoms with Gasteiger partial charge in [-0.15, -0.1) is 0 Å². The molecule has 0 saturated carbocycles. The molecule has 0 spiro atoms. The molecule has 0 rings (SSSR count). The van der Waals surface area contributed by atoms with Crippen molar-refractivity contribution in [1.82, 2.24) is 0 Å². The van der Waals surface area contributed by atoms with Gasteiger partial charge in [-0.25, -0.2) is 0 Å². The van der Waals surface area contributed by atoms with Crippen molar-refractivity contribution >= 4 is 27.2 Å². The molecule has 0 atom stereocenters. The highest BCUT2D eigenvalue weighted by molar-refractivity contribution is 6.52. The van der Waals surface area contributed by atoms with E-state index in [9.17, 15) is 14.4 Å². The van der Waals surface area contributed by atoms with E-state index in [4.69, 9.17) is 5.11 Å². The summed E-state index contributed by atoms with van der Waals surface area (Å²) in [5, 5.41) is 8.36. The third-order valence-electron chi connectivity index (χ3n) is 0.936. The number of aliphatic carboxylic acids is 1. The minimum Gasteiger partial charge on any atom is -0.487 e. The molecule has 0 amide bonds. The second kappa shape index (κ2) is 5.30. The Kier molecular flexibility index (Phi) is 4.74. The summed E-state index contributed by atoms with van der Waals surface area (Å²) in [4.78, 5) is 31.1. The van der Waals surface area contributed by atoms with Crippen LogP contribution >= 0.6 is 0 Å². The summed E-state index contributed by atoms with van der Waals surface area (Å²) in [6.45, 7) is 2.26. The minimum absolute atomic E-state index is 0.418. The molecule has 0 aromatic rings. The smallest absolute Gasteiger partial charge is 0.459 e. The van der Waals surface area contributed by atoms with Gasteiger partial charge >= 0.3 is 15.3 Å². The Morgan fingerprint density at radius 3 is 1.77 bits per heavy atom. The van der Waals surface area contributed by atoms with Gasteiger partial charge in [0.15, 0.2) is 0 Å². The molecular formula is C6H10O6Si. The van der Waals surface area contributed by atoms with Crippen LogP contribution in [0.4, 0.5) is 0 Å². The van der Waals surface area contributed by atoms with E-state index >= 15 is 0 Å². The zero-order valence-electron chi connectivity index (χ0n) is 7.27. The van der Waals surface area contributed by atoms with E-state index in [2.05, 4.69) is 8.85 Å². The maximum atomic E-state index is 10.4. The number of hydrogen-bond donors (Lipinski definition) is 1. The first-order valence-electron chi connectivity index (χ1n) is 3.48. The molecule has 7 heteroatoms. The van der Waals surface area contributed by atoms with Crippen LogP contribution in [0.25, 0.3) is 0 Å². The third kappa shape index (κ3) is 7.00. The first kappa shape index (κ1) is 11.6. The maximum absolute atomic E-state index is 10.4. The molecule has 0 fully saturated rings. The fraction of sp³-hybridized carbons (Fsp3) is 0.500. The van der Waals surface area contributed by atoms with E-state index in [-0.39, 0.29) is 0 Å². The SMILES string of the molecule is CC(=O)O[SiH](CC(=O)O)OC(C)=O. The van der Waals surface area contributed by atoms with Crippen molar-refractivity contribution in [2.75, 3.05) is 0 Å². The molecule has 0 aromatic carbocycles. The van der Waals surface area contributed by atoms with Crippen LogP contribution in [0.1, 0.15) is 13.8 Å². The van der Waals surface area contributed by atoms with Crippen molar-refractivity contribution in [1.29, 1.82) is 0 Å². The number of hydrogen-bond acceptors (Lipinski definition) is 5. The number of carbonyl (C=O) groups is 3. The van der Waals surface area contributed by atoms with Gasteiger partial charge in [-0.1, -0.05) is 0 Å². The number of carbonyl (C=O) groups excluding carboxylic acids is 2. The Hall–Kier alpha value is -1.37. The summed E-state index contributed by atoms with van der Waals surface area (Å²) >= 11 is 0. The molecule has 0 heterocycles. The van der Waals surface area contributed by atoms with Crippen LogP contribution in [0.5, 0.6) is 0 Å². The predicted molar refractivity (Wildman–Crippen MR) is 43.1 cm³/mol. The molecule has 74 valence electrons. The molecule has 0 aliphatic rings. The van der Waals surface area contributed by atoms with Crippen molar-refractivity contribution in [3.05, 3.63) is 0 Å². The van der Waals surface area contributed by atoms with Crippen molar-refractivity contribution < 1.29 is 28.3 Å². The highest BCUT2D eigenvalue weighted by atomic mass is 28.3. The molecule has 0 unspecified atom stereocenters. The molecule has 0 saturated heterocycles. The fourth-order valence-corrected chi connectivity index (χ4v) is 1.86. The van der Waals surface area contributed by atoms with Gasteiger partial charge in [-0.05, 0) is 0 Å². The Morgan fingerprint density at radius 2 is 1.54 bits per heavy atom. The van der Waals surface area contributed by atoms with Gasteiger partial charge in [0.1, 0.15) is 6.04 Å². The van der Waals surface area contributed by atoms with Gasteiger partial charge in [0.2, 0.25) is 0 Å². The Morgan fingerprint density at radius 1 is 1.15 bits per heavy atom. The highest BCUT2D eigenvalue weighted by Gasteiger charge is 2.23. The summed E-state index contributed by atoms with van der Waals surface area (Å²) in [5.74, 6) is -2.43. The number of carboxylic acid groups (broad SMARTS) is 1. The van der Waals surface area contributed by atoms with E-state index in [0.29, 0.717) is 0 Å².